The number of pyridine rings is 1. The van der Waals surface area contributed by atoms with Gasteiger partial charge in [0.2, 0.25) is 17.8 Å². The number of alkyl carbamates (subject to hydrolysis) is 1. The van der Waals surface area contributed by atoms with Gasteiger partial charge in [0, 0.05) is 25.2 Å². The van der Waals surface area contributed by atoms with E-state index >= 15 is 0 Å². The molecular weight excluding hydrogens is 712 g/mol. The Morgan fingerprint density at radius 2 is 1.45 bits per heavy atom. The van der Waals surface area contributed by atoms with E-state index < -0.39 is 18.1 Å². The molecule has 6 atom stereocenters. The third kappa shape index (κ3) is 7.42. The SMILES string of the molecule is COC(=O)NC(C(=O)N1CCC[C@H]1c1ncc(-c2ccc(-c3ccc(-c4cnc([C@@H]5[C@H]6CC[C@H](C6)[C@H]5C(=O)NCc5ccc(F)nc5)[nH]4)cc3)cc2)[nH]1)C(C)C. The topological polar surface area (TPSA) is 158 Å². The van der Waals surface area contributed by atoms with Crippen LogP contribution in [0.1, 0.15) is 75.1 Å². The molecule has 1 aliphatic heterocycles. The van der Waals surface area contributed by atoms with Crippen LogP contribution in [0, 0.1) is 29.6 Å². The number of nitrogens with zero attached hydrogens (tertiary/aromatic N) is 4. The van der Waals surface area contributed by atoms with Crippen molar-refractivity contribution in [3.8, 4) is 33.6 Å². The highest BCUT2D eigenvalue weighted by Gasteiger charge is 2.52. The molecule has 290 valence electrons. The molecule has 3 aliphatic rings. The number of benzene rings is 2. The van der Waals surface area contributed by atoms with Gasteiger partial charge in [-0.1, -0.05) is 68.4 Å². The van der Waals surface area contributed by atoms with Crippen LogP contribution in [0.4, 0.5) is 9.18 Å². The third-order valence-corrected chi connectivity index (χ3v) is 11.9. The van der Waals surface area contributed by atoms with Gasteiger partial charge in [-0.2, -0.15) is 4.39 Å². The Bertz CT molecular complexity index is 2180. The molecule has 13 heteroatoms. The number of carbonyl (C=O) groups is 3. The number of H-pyrrole nitrogens is 2. The van der Waals surface area contributed by atoms with Crippen LogP contribution in [-0.2, 0) is 20.9 Å². The lowest BCUT2D eigenvalue weighted by molar-refractivity contribution is -0.135. The summed E-state index contributed by atoms with van der Waals surface area (Å²) in [6, 6.07) is 18.7. The lowest BCUT2D eigenvalue weighted by Crippen LogP contribution is -2.51. The predicted molar refractivity (Wildman–Crippen MR) is 208 cm³/mol. The molecular formula is C43H47FN8O4. The number of imidazole rings is 2. The van der Waals surface area contributed by atoms with Gasteiger partial charge in [-0.15, -0.1) is 0 Å². The first-order valence-electron chi connectivity index (χ1n) is 19.5. The van der Waals surface area contributed by atoms with Crippen LogP contribution >= 0.6 is 0 Å². The van der Waals surface area contributed by atoms with E-state index in [1.54, 1.807) is 6.07 Å². The van der Waals surface area contributed by atoms with Gasteiger partial charge >= 0.3 is 6.09 Å². The Hall–Kier alpha value is -5.85. The summed E-state index contributed by atoms with van der Waals surface area (Å²) in [5.74, 6) is 1.47. The summed E-state index contributed by atoms with van der Waals surface area (Å²) in [7, 11) is 1.29. The molecule has 8 rings (SSSR count). The zero-order valence-electron chi connectivity index (χ0n) is 31.8. The number of ether oxygens (including phenoxy) is 1. The first-order chi connectivity index (χ1) is 27.2. The van der Waals surface area contributed by atoms with Crippen molar-refractivity contribution in [1.29, 1.82) is 0 Å². The van der Waals surface area contributed by atoms with Crippen molar-refractivity contribution >= 4 is 17.9 Å². The molecule has 2 aliphatic carbocycles. The third-order valence-electron chi connectivity index (χ3n) is 11.9. The van der Waals surface area contributed by atoms with Crippen LogP contribution in [0.2, 0.25) is 0 Å². The maximum atomic E-state index is 13.5. The van der Waals surface area contributed by atoms with E-state index in [0.717, 1.165) is 83.0 Å². The number of aromatic nitrogens is 5. The fourth-order valence-electron chi connectivity index (χ4n) is 9.06. The molecule has 2 bridgehead atoms. The minimum atomic E-state index is -0.684. The number of aromatic amines is 2. The molecule has 0 spiro atoms. The highest BCUT2D eigenvalue weighted by Crippen LogP contribution is 2.56. The van der Waals surface area contributed by atoms with Crippen LogP contribution in [0.15, 0.2) is 79.3 Å². The van der Waals surface area contributed by atoms with Crippen LogP contribution in [0.5, 0.6) is 0 Å². The molecule has 56 heavy (non-hydrogen) atoms. The van der Waals surface area contributed by atoms with Gasteiger partial charge in [0.25, 0.3) is 0 Å². The van der Waals surface area contributed by atoms with Crippen molar-refractivity contribution in [2.24, 2.45) is 23.7 Å². The Balaban J connectivity index is 0.914. The summed E-state index contributed by atoms with van der Waals surface area (Å²) < 4.78 is 18.0. The second-order valence-corrected chi connectivity index (χ2v) is 15.7. The molecule has 3 aromatic heterocycles. The monoisotopic (exact) mass is 758 g/mol. The number of methoxy groups -OCH3 is 1. The number of rotatable bonds is 11. The van der Waals surface area contributed by atoms with E-state index in [1.807, 2.05) is 31.1 Å². The lowest BCUT2D eigenvalue weighted by Gasteiger charge is -2.30. The van der Waals surface area contributed by atoms with Crippen molar-refractivity contribution in [1.82, 2.24) is 40.5 Å². The minimum Gasteiger partial charge on any atom is -0.453 e. The maximum absolute atomic E-state index is 13.5. The molecule has 0 radical (unpaired) electrons. The largest absolute Gasteiger partial charge is 0.453 e. The first kappa shape index (κ1) is 37.1. The van der Waals surface area contributed by atoms with Crippen molar-refractivity contribution in [3.05, 3.63) is 102 Å². The van der Waals surface area contributed by atoms with Crippen molar-refractivity contribution in [3.63, 3.8) is 0 Å². The Morgan fingerprint density at radius 3 is 2.07 bits per heavy atom. The summed E-state index contributed by atoms with van der Waals surface area (Å²) >= 11 is 0. The van der Waals surface area contributed by atoms with Gasteiger partial charge in [-0.3, -0.25) is 9.59 Å². The second kappa shape index (κ2) is 15.7. The second-order valence-electron chi connectivity index (χ2n) is 15.7. The van der Waals surface area contributed by atoms with Crippen LogP contribution in [-0.4, -0.2) is 67.4 Å². The molecule has 3 amide bonds. The average Bonchev–Trinajstić information content (AvgIpc) is 4.08. The highest BCUT2D eigenvalue weighted by atomic mass is 19.1. The van der Waals surface area contributed by atoms with Crippen molar-refractivity contribution < 1.29 is 23.5 Å². The van der Waals surface area contributed by atoms with Gasteiger partial charge in [0.1, 0.15) is 17.7 Å². The fraction of sp³-hybridized carbons (Fsp3) is 0.395. The quantitative estimate of drug-likeness (QED) is 0.104. The standard InChI is InChI=1S/C43H47FN8O4/c1-24(2)38(51-43(55)56-3)42(54)52-18-4-5-34(52)39-46-22-32(49-39)28-11-7-26(8-12-28)27-9-13-29(14-10-27)33-23-47-40(50-33)36-30-15-16-31(19-30)37(36)41(53)48-21-25-6-17-35(44)45-20-25/h6-14,17,20,22-24,30-31,34,36-38H,4-5,15-16,18-19,21H2,1-3H3,(H,46,49)(H,47,50)(H,48,53)(H,51,55)/t30-,31+,34-,36+,37+,38?/m0/s1. The molecule has 4 heterocycles. The smallest absolute Gasteiger partial charge is 0.407 e. The fourth-order valence-corrected chi connectivity index (χ4v) is 9.06. The summed E-state index contributed by atoms with van der Waals surface area (Å²) in [5.41, 5.74) is 6.69. The maximum Gasteiger partial charge on any atom is 0.407 e. The van der Waals surface area contributed by atoms with E-state index in [-0.39, 0.29) is 35.6 Å². The zero-order chi connectivity index (χ0) is 38.9. The van der Waals surface area contributed by atoms with Gasteiger partial charge in [-0.05, 0) is 83.7 Å². The average molecular weight is 759 g/mol. The van der Waals surface area contributed by atoms with Gasteiger partial charge < -0.3 is 30.2 Å². The summed E-state index contributed by atoms with van der Waals surface area (Å²) in [5, 5.41) is 5.77. The lowest BCUT2D eigenvalue weighted by atomic mass is 9.78. The zero-order valence-corrected chi connectivity index (χ0v) is 31.8. The number of hydrogen-bond acceptors (Lipinski definition) is 7. The number of likely N-dealkylation sites (tertiary alicyclic amines) is 1. The van der Waals surface area contributed by atoms with Crippen LogP contribution < -0.4 is 10.6 Å². The Kier molecular flexibility index (Phi) is 10.4. The molecule has 12 nitrogen and oxygen atoms in total. The van der Waals surface area contributed by atoms with Crippen LogP contribution in [0.3, 0.4) is 0 Å². The van der Waals surface area contributed by atoms with E-state index in [0.29, 0.717) is 24.9 Å². The minimum absolute atomic E-state index is 0.0198. The highest BCUT2D eigenvalue weighted by molar-refractivity contribution is 5.86. The van der Waals surface area contributed by atoms with Gasteiger partial charge in [0.15, 0.2) is 0 Å². The Labute approximate surface area is 325 Å². The molecule has 2 saturated carbocycles. The van der Waals surface area contributed by atoms with E-state index in [2.05, 4.69) is 79.1 Å². The molecule has 1 saturated heterocycles. The number of fused-ring (bicyclic) bond motifs is 2. The van der Waals surface area contributed by atoms with Crippen molar-refractivity contribution in [2.45, 2.75) is 70.5 Å². The van der Waals surface area contributed by atoms with Gasteiger partial charge in [0.05, 0.1) is 42.9 Å². The number of hydrogen-bond donors (Lipinski definition) is 4. The predicted octanol–water partition coefficient (Wildman–Crippen LogP) is 7.16. The van der Waals surface area contributed by atoms with Crippen molar-refractivity contribution in [2.75, 3.05) is 13.7 Å². The molecule has 4 N–H and O–H groups in total. The molecule has 1 unspecified atom stereocenters. The van der Waals surface area contributed by atoms with E-state index in [9.17, 15) is 18.8 Å². The number of amides is 3. The van der Waals surface area contributed by atoms with Crippen LogP contribution in [0.25, 0.3) is 33.6 Å². The van der Waals surface area contributed by atoms with Gasteiger partial charge in [-0.25, -0.2) is 19.7 Å². The summed E-state index contributed by atoms with van der Waals surface area (Å²) in [6.07, 6.45) is 9.33. The molecule has 2 aromatic carbocycles. The molecule has 5 aromatic rings. The summed E-state index contributed by atoms with van der Waals surface area (Å²) in [4.78, 5) is 61.0. The normalized spacial score (nSPS) is 22.0. The van der Waals surface area contributed by atoms with E-state index in [1.165, 1.54) is 19.4 Å². The Morgan fingerprint density at radius 1 is 0.821 bits per heavy atom. The first-order valence-corrected chi connectivity index (χ1v) is 19.5. The molecule has 3 fully saturated rings. The number of nitrogens with one attached hydrogen (secondary N) is 4. The number of carbonyl (C=O) groups excluding carboxylic acids is 3. The summed E-state index contributed by atoms with van der Waals surface area (Å²) in [6.45, 7) is 4.72. The number of halogens is 1. The van der Waals surface area contributed by atoms with E-state index in [4.69, 9.17) is 9.72 Å².